The van der Waals surface area contributed by atoms with Gasteiger partial charge in [-0.15, -0.1) is 0 Å². The van der Waals surface area contributed by atoms with E-state index in [0.717, 1.165) is 0 Å². The molecule has 0 radical (unpaired) electrons. The van der Waals surface area contributed by atoms with Crippen LogP contribution < -0.4 is 4.74 Å². The van der Waals surface area contributed by atoms with Crippen LogP contribution in [0, 0.1) is 11.6 Å². The Balaban J connectivity index is 2.20. The lowest BCUT2D eigenvalue weighted by Crippen LogP contribution is -2.45. The van der Waals surface area contributed by atoms with E-state index < -0.39 is 42.7 Å². The van der Waals surface area contributed by atoms with Gasteiger partial charge in [-0.2, -0.15) is 4.39 Å². The number of hydrogen-bond donors (Lipinski definition) is 4. The Kier molecular flexibility index (Phi) is 9.17. The van der Waals surface area contributed by atoms with Crippen molar-refractivity contribution in [3.63, 3.8) is 0 Å². The van der Waals surface area contributed by atoms with Gasteiger partial charge in [0, 0.05) is 17.9 Å². The largest absolute Gasteiger partial charge is 0.494 e. The van der Waals surface area contributed by atoms with E-state index >= 15 is 0 Å². The lowest BCUT2D eigenvalue weighted by molar-refractivity contribution is -0.145. The molecule has 2 atom stereocenters. The molecule has 4 N–H and O–H groups in total. The Morgan fingerprint density at radius 1 is 1.03 bits per heavy atom. The molecular weight excluding hydrogens is 434 g/mol. The van der Waals surface area contributed by atoms with Crippen LogP contribution in [0.25, 0.3) is 0 Å². The van der Waals surface area contributed by atoms with E-state index in [0.29, 0.717) is 16.1 Å². The number of methoxy groups -OCH3 is 1. The average molecular weight is 461 g/mol. The van der Waals surface area contributed by atoms with E-state index in [1.54, 1.807) is 18.2 Å². The molecule has 0 aromatic heterocycles. The smallest absolute Gasteiger partial charge is 0.200 e. The van der Waals surface area contributed by atoms with Gasteiger partial charge in [-0.3, -0.25) is 0 Å². The molecule has 0 saturated heterocycles. The number of aliphatic hydroxyl groups is 4. The second-order valence-corrected chi connectivity index (χ2v) is 7.86. The Hall–Kier alpha value is -1.81. The fourth-order valence-corrected chi connectivity index (χ4v) is 3.23. The SMILES string of the molecule is COc1ccc(Cc2cc(COC(CO)(CO)CC(O)[C@H](C)O)ccc2Cl)c(F)c1F. The third-order valence-corrected chi connectivity index (χ3v) is 5.47. The summed E-state index contributed by atoms with van der Waals surface area (Å²) < 4.78 is 38.8. The van der Waals surface area contributed by atoms with Gasteiger partial charge in [-0.05, 0) is 35.7 Å². The Labute approximate surface area is 184 Å². The molecule has 0 bridgehead atoms. The van der Waals surface area contributed by atoms with E-state index in [1.807, 2.05) is 0 Å². The van der Waals surface area contributed by atoms with Crippen molar-refractivity contribution in [2.24, 2.45) is 0 Å². The Bertz CT molecular complexity index is 873. The van der Waals surface area contributed by atoms with E-state index in [-0.39, 0.29) is 30.8 Å². The molecule has 0 fully saturated rings. The van der Waals surface area contributed by atoms with Crippen molar-refractivity contribution >= 4 is 11.6 Å². The zero-order chi connectivity index (χ0) is 23.2. The summed E-state index contributed by atoms with van der Waals surface area (Å²) in [4.78, 5) is 0. The predicted molar refractivity (Wildman–Crippen MR) is 111 cm³/mol. The van der Waals surface area contributed by atoms with Gasteiger partial charge in [0.2, 0.25) is 5.82 Å². The van der Waals surface area contributed by atoms with Crippen molar-refractivity contribution in [3.8, 4) is 5.75 Å². The third-order valence-electron chi connectivity index (χ3n) is 5.10. The summed E-state index contributed by atoms with van der Waals surface area (Å²) in [7, 11) is 1.25. The first-order chi connectivity index (χ1) is 14.7. The summed E-state index contributed by atoms with van der Waals surface area (Å²) >= 11 is 6.22. The topological polar surface area (TPSA) is 99.4 Å². The molecule has 0 aliphatic carbocycles. The number of halogens is 3. The normalized spacial score (nSPS) is 13.8. The summed E-state index contributed by atoms with van der Waals surface area (Å²) in [5.74, 6) is -2.30. The van der Waals surface area contributed by atoms with Crippen LogP contribution in [0.4, 0.5) is 8.78 Å². The van der Waals surface area contributed by atoms with Gasteiger partial charge in [0.05, 0.1) is 39.1 Å². The minimum atomic E-state index is -1.47. The first-order valence-corrected chi connectivity index (χ1v) is 10.0. The molecule has 0 aliphatic heterocycles. The fraction of sp³-hybridized carbons (Fsp3) is 0.455. The zero-order valence-electron chi connectivity index (χ0n) is 17.3. The monoisotopic (exact) mass is 460 g/mol. The highest BCUT2D eigenvalue weighted by molar-refractivity contribution is 6.31. The molecule has 6 nitrogen and oxygen atoms in total. The maximum Gasteiger partial charge on any atom is 0.200 e. The lowest BCUT2D eigenvalue weighted by atomic mass is 9.95. The molecule has 1 unspecified atom stereocenters. The number of benzene rings is 2. The van der Waals surface area contributed by atoms with E-state index in [4.69, 9.17) is 21.1 Å². The second kappa shape index (κ2) is 11.2. The highest BCUT2D eigenvalue weighted by atomic mass is 35.5. The van der Waals surface area contributed by atoms with Crippen LogP contribution in [0.5, 0.6) is 5.75 Å². The lowest BCUT2D eigenvalue weighted by Gasteiger charge is -2.33. The molecule has 0 heterocycles. The van der Waals surface area contributed by atoms with Crippen LogP contribution in [-0.2, 0) is 17.8 Å². The third kappa shape index (κ3) is 6.35. The molecular formula is C22H27ClF2O6. The van der Waals surface area contributed by atoms with Crippen LogP contribution in [0.1, 0.15) is 30.0 Å². The zero-order valence-corrected chi connectivity index (χ0v) is 18.1. The van der Waals surface area contributed by atoms with Crippen LogP contribution in [0.3, 0.4) is 0 Å². The van der Waals surface area contributed by atoms with E-state index in [9.17, 15) is 29.2 Å². The van der Waals surface area contributed by atoms with Gasteiger partial charge in [0.15, 0.2) is 11.6 Å². The number of ether oxygens (including phenoxy) is 2. The first-order valence-electron chi connectivity index (χ1n) is 9.66. The number of hydrogen-bond acceptors (Lipinski definition) is 6. The molecule has 2 rings (SSSR count). The van der Waals surface area contributed by atoms with E-state index in [1.165, 1.54) is 26.2 Å². The highest BCUT2D eigenvalue weighted by Gasteiger charge is 2.34. The average Bonchev–Trinajstić information content (AvgIpc) is 2.76. The molecule has 2 aromatic rings. The highest BCUT2D eigenvalue weighted by Crippen LogP contribution is 2.28. The summed E-state index contributed by atoms with van der Waals surface area (Å²) in [5, 5.41) is 39.1. The quantitative estimate of drug-likeness (QED) is 0.411. The summed E-state index contributed by atoms with van der Waals surface area (Å²) in [6, 6.07) is 7.63. The van der Waals surface area contributed by atoms with Gasteiger partial charge in [0.25, 0.3) is 0 Å². The minimum absolute atomic E-state index is 0.0192. The fourth-order valence-electron chi connectivity index (χ4n) is 3.04. The second-order valence-electron chi connectivity index (χ2n) is 7.46. The molecule has 31 heavy (non-hydrogen) atoms. The standard InChI is InChI=1S/C22H27ClF2O6/c1-13(28)18(29)9-22(11-26,12-27)31-10-14-3-5-17(23)16(7-14)8-15-4-6-19(30-2)21(25)20(15)24/h3-7,13,18,26-29H,8-12H2,1-2H3/t13-,18?/m0/s1. The van der Waals surface area contributed by atoms with Crippen LogP contribution >= 0.6 is 11.6 Å². The van der Waals surface area contributed by atoms with Crippen molar-refractivity contribution in [3.05, 3.63) is 63.7 Å². The van der Waals surface area contributed by atoms with Crippen molar-refractivity contribution in [2.75, 3.05) is 20.3 Å². The minimum Gasteiger partial charge on any atom is -0.494 e. The van der Waals surface area contributed by atoms with Crippen LogP contribution in [-0.4, -0.2) is 58.6 Å². The van der Waals surface area contributed by atoms with Crippen molar-refractivity contribution in [1.82, 2.24) is 0 Å². The number of aliphatic hydroxyl groups excluding tert-OH is 4. The molecule has 0 aliphatic rings. The Morgan fingerprint density at radius 2 is 1.71 bits per heavy atom. The van der Waals surface area contributed by atoms with Crippen molar-refractivity contribution in [1.29, 1.82) is 0 Å². The summed E-state index contributed by atoms with van der Waals surface area (Å²) in [6.45, 7) is 0.169. The van der Waals surface area contributed by atoms with E-state index in [2.05, 4.69) is 0 Å². The summed E-state index contributed by atoms with van der Waals surface area (Å²) in [6.07, 6.45) is -2.43. The van der Waals surface area contributed by atoms with Crippen LogP contribution in [0.15, 0.2) is 30.3 Å². The van der Waals surface area contributed by atoms with Gasteiger partial charge in [-0.25, -0.2) is 4.39 Å². The van der Waals surface area contributed by atoms with Crippen molar-refractivity contribution < 1.29 is 38.7 Å². The molecule has 0 spiro atoms. The van der Waals surface area contributed by atoms with Crippen LogP contribution in [0.2, 0.25) is 5.02 Å². The number of rotatable bonds is 11. The molecule has 0 saturated carbocycles. The molecule has 2 aromatic carbocycles. The summed E-state index contributed by atoms with van der Waals surface area (Å²) in [5.41, 5.74) is -0.250. The molecule has 172 valence electrons. The van der Waals surface area contributed by atoms with Gasteiger partial charge < -0.3 is 29.9 Å². The van der Waals surface area contributed by atoms with Gasteiger partial charge >= 0.3 is 0 Å². The first kappa shape index (κ1) is 25.5. The maximum absolute atomic E-state index is 14.3. The van der Waals surface area contributed by atoms with Gasteiger partial charge in [0.1, 0.15) is 5.60 Å². The molecule has 9 heteroatoms. The molecule has 0 amide bonds. The van der Waals surface area contributed by atoms with Crippen molar-refractivity contribution in [2.45, 2.75) is 44.2 Å². The maximum atomic E-state index is 14.3. The van der Waals surface area contributed by atoms with Gasteiger partial charge in [-0.1, -0.05) is 29.8 Å². The predicted octanol–water partition coefficient (Wildman–Crippen LogP) is 2.59. The Morgan fingerprint density at radius 3 is 2.29 bits per heavy atom.